The van der Waals surface area contributed by atoms with E-state index < -0.39 is 23.4 Å². The number of fused-ring (bicyclic) bond motifs is 3. The molecule has 3 heterocycles. The van der Waals surface area contributed by atoms with Crippen molar-refractivity contribution in [3.63, 3.8) is 0 Å². The SMILES string of the molecule is CC(C)(C)OC(=O)NCc1cc(=O)c2ccc(O)cc2o1.Cc1cccc(Oc2ccc3c(=O)cc(CN)oc3c2)c1.Cc1cccc(Oc2ccc3c(=O)cc(CNC(=O)OC(C)(C)C)oc3c2)c1.Cl. The maximum atomic E-state index is 12.3. The third-order valence-electron chi connectivity index (χ3n) is 9.53. The summed E-state index contributed by atoms with van der Waals surface area (Å²) in [4.78, 5) is 59.5. The van der Waals surface area contributed by atoms with Gasteiger partial charge in [0, 0.05) is 36.4 Å². The second-order valence-corrected chi connectivity index (χ2v) is 18.0. The summed E-state index contributed by atoms with van der Waals surface area (Å²) in [7, 11) is 0. The molecule has 0 radical (unpaired) electrons. The van der Waals surface area contributed by atoms with Crippen LogP contribution in [-0.2, 0) is 29.1 Å². The number of phenolic OH excluding ortho intramolecular Hbond substituents is 1. The molecule has 0 bridgehead atoms. The molecule has 0 saturated carbocycles. The third-order valence-corrected chi connectivity index (χ3v) is 9.53. The molecule has 17 heteroatoms. The Morgan fingerprint density at radius 3 is 1.28 bits per heavy atom. The van der Waals surface area contributed by atoms with Gasteiger partial charge in [0.15, 0.2) is 16.3 Å². The molecular weight excluding hydrogens is 934 g/mol. The molecule has 372 valence electrons. The van der Waals surface area contributed by atoms with Crippen LogP contribution in [0.4, 0.5) is 9.59 Å². The highest BCUT2D eigenvalue weighted by Crippen LogP contribution is 2.27. The predicted octanol–water partition coefficient (Wildman–Crippen LogP) is 11.2. The van der Waals surface area contributed by atoms with Crippen molar-refractivity contribution in [2.45, 2.75) is 86.2 Å². The number of amides is 2. The van der Waals surface area contributed by atoms with Crippen LogP contribution in [0, 0.1) is 13.8 Å². The molecule has 0 spiro atoms. The van der Waals surface area contributed by atoms with E-state index in [2.05, 4.69) is 10.6 Å². The van der Waals surface area contributed by atoms with Gasteiger partial charge in [0.1, 0.15) is 74.0 Å². The lowest BCUT2D eigenvalue weighted by Crippen LogP contribution is -2.32. The number of nitrogens with two attached hydrogens (primary N) is 1. The molecule has 8 aromatic rings. The van der Waals surface area contributed by atoms with E-state index in [9.17, 15) is 29.1 Å². The highest BCUT2D eigenvalue weighted by atomic mass is 35.5. The molecule has 71 heavy (non-hydrogen) atoms. The number of benzene rings is 5. The first kappa shape index (κ1) is 53.9. The summed E-state index contributed by atoms with van der Waals surface area (Å²) in [5.74, 6) is 3.68. The van der Waals surface area contributed by atoms with Gasteiger partial charge < -0.3 is 53.7 Å². The Kier molecular flexibility index (Phi) is 17.8. The van der Waals surface area contributed by atoms with Gasteiger partial charge in [-0.15, -0.1) is 12.4 Å². The summed E-state index contributed by atoms with van der Waals surface area (Å²) < 4.78 is 38.7. The summed E-state index contributed by atoms with van der Waals surface area (Å²) in [5.41, 5.74) is 7.13. The molecular formula is C54H56ClN3O13. The van der Waals surface area contributed by atoms with Crippen molar-refractivity contribution >= 4 is 57.5 Å². The fourth-order valence-corrected chi connectivity index (χ4v) is 6.54. The summed E-state index contributed by atoms with van der Waals surface area (Å²) >= 11 is 0. The van der Waals surface area contributed by atoms with Crippen LogP contribution in [0.2, 0.25) is 0 Å². The van der Waals surface area contributed by atoms with E-state index in [0.29, 0.717) is 56.1 Å². The number of carbonyl (C=O) groups is 2. The number of carbonyl (C=O) groups excluding carboxylic acids is 2. The smallest absolute Gasteiger partial charge is 0.408 e. The van der Waals surface area contributed by atoms with Gasteiger partial charge in [-0.1, -0.05) is 24.3 Å². The second-order valence-electron chi connectivity index (χ2n) is 18.0. The molecule has 0 aliphatic carbocycles. The fraction of sp³-hybridized carbons (Fsp3) is 0.241. The van der Waals surface area contributed by atoms with E-state index in [1.807, 2.05) is 62.4 Å². The van der Waals surface area contributed by atoms with Gasteiger partial charge in [0.05, 0.1) is 35.8 Å². The number of hydrogen-bond donors (Lipinski definition) is 4. The lowest BCUT2D eigenvalue weighted by molar-refractivity contribution is 0.0509. The van der Waals surface area contributed by atoms with Crippen molar-refractivity contribution in [2.24, 2.45) is 5.73 Å². The third kappa shape index (κ3) is 16.3. The van der Waals surface area contributed by atoms with Crippen molar-refractivity contribution in [2.75, 3.05) is 0 Å². The molecule has 0 saturated heterocycles. The van der Waals surface area contributed by atoms with Crippen molar-refractivity contribution in [1.82, 2.24) is 10.6 Å². The number of phenols is 1. The van der Waals surface area contributed by atoms with E-state index in [1.165, 1.54) is 36.4 Å². The summed E-state index contributed by atoms with van der Waals surface area (Å²) in [5, 5.41) is 15.8. The molecule has 5 aromatic carbocycles. The zero-order chi connectivity index (χ0) is 50.8. The molecule has 16 nitrogen and oxygen atoms in total. The summed E-state index contributed by atoms with van der Waals surface area (Å²) in [6.07, 6.45) is -1.17. The zero-order valence-electron chi connectivity index (χ0n) is 40.5. The number of alkyl carbamates (subject to hydrolysis) is 2. The van der Waals surface area contributed by atoms with Crippen molar-refractivity contribution in [3.05, 3.63) is 180 Å². The molecule has 0 aliphatic heterocycles. The minimum atomic E-state index is -0.601. The Hall–Kier alpha value is -8.08. The van der Waals surface area contributed by atoms with Gasteiger partial charge in [0.2, 0.25) is 0 Å². The van der Waals surface area contributed by atoms with Crippen LogP contribution in [0.3, 0.4) is 0 Å². The van der Waals surface area contributed by atoms with Crippen molar-refractivity contribution < 1.29 is 46.9 Å². The molecule has 0 aliphatic rings. The molecule has 0 atom stereocenters. The first-order chi connectivity index (χ1) is 33.1. The van der Waals surface area contributed by atoms with Gasteiger partial charge >= 0.3 is 12.2 Å². The van der Waals surface area contributed by atoms with Crippen LogP contribution in [0.15, 0.2) is 149 Å². The number of hydrogen-bond acceptors (Lipinski definition) is 14. The molecule has 3 aromatic heterocycles. The first-order valence-electron chi connectivity index (χ1n) is 22.1. The average Bonchev–Trinajstić information content (AvgIpc) is 3.26. The minimum Gasteiger partial charge on any atom is -0.508 e. The van der Waals surface area contributed by atoms with E-state index >= 15 is 0 Å². The predicted molar refractivity (Wildman–Crippen MR) is 273 cm³/mol. The topological polar surface area (TPSA) is 232 Å². The van der Waals surface area contributed by atoms with Crippen LogP contribution in [0.25, 0.3) is 32.9 Å². The Bertz CT molecular complexity index is 3350. The van der Waals surface area contributed by atoms with Gasteiger partial charge in [-0.05, 0) is 127 Å². The summed E-state index contributed by atoms with van der Waals surface area (Å²) in [6.45, 7) is 14.8. The van der Waals surface area contributed by atoms with Crippen LogP contribution in [0.5, 0.6) is 28.7 Å². The van der Waals surface area contributed by atoms with E-state index in [1.54, 1.807) is 77.9 Å². The first-order valence-corrected chi connectivity index (χ1v) is 22.1. The van der Waals surface area contributed by atoms with E-state index in [0.717, 1.165) is 16.9 Å². The largest absolute Gasteiger partial charge is 0.508 e. The minimum absolute atomic E-state index is 0. The van der Waals surface area contributed by atoms with Crippen LogP contribution in [-0.4, -0.2) is 28.5 Å². The number of aryl methyl sites for hydroxylation is 2. The number of aromatic hydroxyl groups is 1. The Morgan fingerprint density at radius 2 is 0.887 bits per heavy atom. The van der Waals surface area contributed by atoms with Crippen LogP contribution >= 0.6 is 12.4 Å². The lowest BCUT2D eigenvalue weighted by Gasteiger charge is -2.19. The van der Waals surface area contributed by atoms with Gasteiger partial charge in [-0.2, -0.15) is 0 Å². The highest BCUT2D eigenvalue weighted by Gasteiger charge is 2.18. The van der Waals surface area contributed by atoms with Crippen molar-refractivity contribution in [1.29, 1.82) is 0 Å². The normalized spacial score (nSPS) is 11.0. The Balaban J connectivity index is 0.000000200. The van der Waals surface area contributed by atoms with E-state index in [4.69, 9.17) is 37.9 Å². The lowest BCUT2D eigenvalue weighted by atomic mass is 10.2. The quantitative estimate of drug-likeness (QED) is 0.105. The summed E-state index contributed by atoms with van der Waals surface area (Å²) in [6, 6.07) is 34.0. The van der Waals surface area contributed by atoms with Gasteiger partial charge in [0.25, 0.3) is 0 Å². The van der Waals surface area contributed by atoms with Crippen LogP contribution in [0.1, 0.15) is 70.0 Å². The number of ether oxygens (including phenoxy) is 4. The average molecular weight is 991 g/mol. The fourth-order valence-electron chi connectivity index (χ4n) is 6.54. The molecule has 5 N–H and O–H groups in total. The Morgan fingerprint density at radius 1 is 0.521 bits per heavy atom. The number of nitrogens with one attached hydrogen (secondary N) is 2. The molecule has 2 amide bonds. The highest BCUT2D eigenvalue weighted by molar-refractivity contribution is 5.85. The molecule has 8 rings (SSSR count). The molecule has 0 fully saturated rings. The van der Waals surface area contributed by atoms with Gasteiger partial charge in [-0.25, -0.2) is 9.59 Å². The van der Waals surface area contributed by atoms with Crippen LogP contribution < -0.4 is 42.1 Å². The number of halogens is 1. The Labute approximate surface area is 414 Å². The monoisotopic (exact) mass is 989 g/mol. The standard InChI is InChI=1S/C22H23NO5.C17H15NO3.C15H17NO5.ClH/c1-14-6-5-7-15(10-14)26-16-8-9-18-19(24)11-17(27-20(18)12-16)13-23-21(25)28-22(2,3)4;1-11-3-2-4-12(7-11)20-13-5-6-15-16(19)8-14(10-18)21-17(15)9-13;1-15(2,3)21-14(19)16-8-10-7-12(18)11-5-4-9(17)6-13(11)20-10;/h5-12H,13H2,1-4H3,(H,23,25);2-9H,10,18H2,1H3;4-7,17H,8H2,1-3H3,(H,16,19);1H. The van der Waals surface area contributed by atoms with E-state index in [-0.39, 0.29) is 65.4 Å². The second kappa shape index (κ2) is 23.5. The van der Waals surface area contributed by atoms with Crippen molar-refractivity contribution in [3.8, 4) is 28.7 Å². The maximum Gasteiger partial charge on any atom is 0.408 e. The zero-order valence-corrected chi connectivity index (χ0v) is 41.3. The van der Waals surface area contributed by atoms with Gasteiger partial charge in [-0.3, -0.25) is 14.4 Å². The molecule has 0 unspecified atom stereocenters. The number of rotatable bonds is 9. The maximum absolute atomic E-state index is 12.3.